The van der Waals surface area contributed by atoms with Crippen LogP contribution in [0.25, 0.3) is 11.2 Å². The van der Waals surface area contributed by atoms with Crippen molar-refractivity contribution in [3.05, 3.63) is 48.3 Å². The van der Waals surface area contributed by atoms with Crippen LogP contribution in [0.4, 0.5) is 42.0 Å². The number of alkyl halides is 3. The van der Waals surface area contributed by atoms with Gasteiger partial charge in [0.05, 0.1) is 43.1 Å². The first kappa shape index (κ1) is 27.4. The Morgan fingerprint density at radius 3 is 2.62 bits per heavy atom. The Labute approximate surface area is 219 Å². The summed E-state index contributed by atoms with van der Waals surface area (Å²) in [4.78, 5) is 27.4. The van der Waals surface area contributed by atoms with Crippen LogP contribution in [-0.4, -0.2) is 62.5 Å². The smallest absolute Gasteiger partial charge is 0.416 e. The number of aliphatic hydroxyl groups is 1. The SMILES string of the molecule is CC(=O)Nc1cc(C(F)(F)F)ccc1Nc1nc(Nc2ccc(O)c(OCCOCCO)c2)nc2nc[nH]c12. The second-order valence-corrected chi connectivity index (χ2v) is 8.05. The fourth-order valence-corrected chi connectivity index (χ4v) is 3.44. The predicted octanol–water partition coefficient (Wildman–Crippen LogP) is 3.91. The molecule has 6 N–H and O–H groups in total. The van der Waals surface area contributed by atoms with Gasteiger partial charge in [0.2, 0.25) is 11.9 Å². The number of phenolic OH excluding ortho intramolecular Hbond substituents is 1. The van der Waals surface area contributed by atoms with E-state index in [9.17, 15) is 23.1 Å². The molecule has 0 spiro atoms. The van der Waals surface area contributed by atoms with Gasteiger partial charge in [0.1, 0.15) is 12.1 Å². The summed E-state index contributed by atoms with van der Waals surface area (Å²) in [6.45, 7) is 1.57. The number of halogens is 3. The van der Waals surface area contributed by atoms with Gasteiger partial charge in [0.15, 0.2) is 23.0 Å². The first-order valence-corrected chi connectivity index (χ1v) is 11.5. The number of phenols is 1. The van der Waals surface area contributed by atoms with Crippen LogP contribution in [0.3, 0.4) is 0 Å². The van der Waals surface area contributed by atoms with Gasteiger partial charge in [0.25, 0.3) is 0 Å². The minimum Gasteiger partial charge on any atom is -0.504 e. The second kappa shape index (κ2) is 11.8. The molecular weight excluding hydrogens is 523 g/mol. The Morgan fingerprint density at radius 1 is 1.05 bits per heavy atom. The van der Waals surface area contributed by atoms with E-state index in [0.717, 1.165) is 12.1 Å². The van der Waals surface area contributed by atoms with Gasteiger partial charge in [0, 0.05) is 18.7 Å². The molecule has 12 nitrogen and oxygen atoms in total. The molecule has 2 heterocycles. The number of nitrogens with zero attached hydrogens (tertiary/aromatic N) is 3. The highest BCUT2D eigenvalue weighted by molar-refractivity contribution is 5.95. The van der Waals surface area contributed by atoms with Crippen LogP contribution < -0.4 is 20.7 Å². The number of aromatic amines is 1. The maximum absolute atomic E-state index is 13.2. The summed E-state index contributed by atoms with van der Waals surface area (Å²) in [5, 5.41) is 27.2. The number of carbonyl (C=O) groups is 1. The predicted molar refractivity (Wildman–Crippen MR) is 136 cm³/mol. The molecule has 4 aromatic rings. The number of aliphatic hydroxyl groups excluding tert-OH is 1. The average Bonchev–Trinajstić information content (AvgIpc) is 3.35. The van der Waals surface area contributed by atoms with Crippen molar-refractivity contribution in [3.63, 3.8) is 0 Å². The summed E-state index contributed by atoms with van der Waals surface area (Å²) >= 11 is 0. The topological polar surface area (TPSA) is 167 Å². The van der Waals surface area contributed by atoms with Gasteiger partial charge in [-0.2, -0.15) is 23.1 Å². The maximum atomic E-state index is 13.2. The van der Waals surface area contributed by atoms with E-state index in [-0.39, 0.29) is 66.7 Å². The van der Waals surface area contributed by atoms with Crippen molar-refractivity contribution >= 4 is 45.9 Å². The molecule has 2 aromatic carbocycles. The lowest BCUT2D eigenvalue weighted by molar-refractivity contribution is -0.137. The van der Waals surface area contributed by atoms with Gasteiger partial charge >= 0.3 is 6.18 Å². The third-order valence-electron chi connectivity index (χ3n) is 5.13. The molecule has 0 saturated carbocycles. The van der Waals surface area contributed by atoms with Crippen LogP contribution in [0.15, 0.2) is 42.7 Å². The second-order valence-electron chi connectivity index (χ2n) is 8.05. The Bertz CT molecular complexity index is 1460. The van der Waals surface area contributed by atoms with Gasteiger partial charge in [-0.25, -0.2) is 4.98 Å². The first-order valence-electron chi connectivity index (χ1n) is 11.5. The maximum Gasteiger partial charge on any atom is 0.416 e. The number of H-pyrrole nitrogens is 1. The Morgan fingerprint density at radius 2 is 1.87 bits per heavy atom. The first-order chi connectivity index (χ1) is 18.6. The fourth-order valence-electron chi connectivity index (χ4n) is 3.44. The van der Waals surface area contributed by atoms with Crippen LogP contribution >= 0.6 is 0 Å². The van der Waals surface area contributed by atoms with Crippen molar-refractivity contribution in [1.82, 2.24) is 19.9 Å². The highest BCUT2D eigenvalue weighted by Crippen LogP contribution is 2.36. The number of ether oxygens (including phenoxy) is 2. The summed E-state index contributed by atoms with van der Waals surface area (Å²) in [6.07, 6.45) is -3.23. The summed E-state index contributed by atoms with van der Waals surface area (Å²) in [5.74, 6) is -0.256. The minimum atomic E-state index is -4.60. The molecule has 0 radical (unpaired) electrons. The third-order valence-corrected chi connectivity index (χ3v) is 5.13. The Hall–Kier alpha value is -4.63. The summed E-state index contributed by atoms with van der Waals surface area (Å²) in [6, 6.07) is 7.35. The van der Waals surface area contributed by atoms with Crippen LogP contribution in [0, 0.1) is 0 Å². The molecule has 0 saturated heterocycles. The van der Waals surface area contributed by atoms with Crippen molar-refractivity contribution in [2.75, 3.05) is 42.4 Å². The molecule has 0 aliphatic rings. The molecule has 4 rings (SSSR count). The largest absolute Gasteiger partial charge is 0.504 e. The monoisotopic (exact) mass is 547 g/mol. The van der Waals surface area contributed by atoms with Crippen LogP contribution in [0.5, 0.6) is 11.5 Å². The molecule has 0 aliphatic carbocycles. The van der Waals surface area contributed by atoms with E-state index in [1.807, 2.05) is 0 Å². The average molecular weight is 547 g/mol. The van der Waals surface area contributed by atoms with E-state index in [4.69, 9.17) is 14.6 Å². The number of amides is 1. The van der Waals surface area contributed by atoms with Crippen molar-refractivity contribution in [2.45, 2.75) is 13.1 Å². The standard InChI is InChI=1S/C24H24F3N7O5/c1-13(36)30-17-10-14(24(25,26)27)2-4-16(17)32-22-20-21(29-12-28-20)33-23(34-22)31-15-3-5-18(37)19(11-15)39-9-8-38-7-6-35/h2-5,10-12,35,37H,6-9H2,1H3,(H,30,36)(H3,28,29,31,32,33,34). The number of nitrogens with one attached hydrogen (secondary N) is 4. The Balaban J connectivity index is 1.60. The van der Waals surface area contributed by atoms with Gasteiger partial charge < -0.3 is 40.6 Å². The molecule has 0 aliphatic heterocycles. The number of rotatable bonds is 11. The molecule has 1 amide bonds. The number of benzene rings is 2. The number of hydrogen-bond acceptors (Lipinski definition) is 10. The lowest BCUT2D eigenvalue weighted by Crippen LogP contribution is -2.12. The van der Waals surface area contributed by atoms with E-state index in [1.54, 1.807) is 6.07 Å². The molecule has 0 atom stereocenters. The van der Waals surface area contributed by atoms with Crippen molar-refractivity contribution in [3.8, 4) is 11.5 Å². The third kappa shape index (κ3) is 7.03. The van der Waals surface area contributed by atoms with Crippen LogP contribution in [0.1, 0.15) is 12.5 Å². The van der Waals surface area contributed by atoms with E-state index in [1.165, 1.54) is 31.5 Å². The number of aromatic hydroxyl groups is 1. The normalized spacial score (nSPS) is 11.4. The van der Waals surface area contributed by atoms with E-state index in [0.29, 0.717) is 11.2 Å². The molecule has 0 bridgehead atoms. The zero-order valence-corrected chi connectivity index (χ0v) is 20.5. The molecule has 39 heavy (non-hydrogen) atoms. The fraction of sp³-hybridized carbons (Fsp3) is 0.250. The molecule has 15 heteroatoms. The Kier molecular flexibility index (Phi) is 8.31. The highest BCUT2D eigenvalue weighted by atomic mass is 19.4. The van der Waals surface area contributed by atoms with Crippen molar-refractivity contribution < 1.29 is 37.7 Å². The molecule has 2 aromatic heterocycles. The number of anilines is 5. The minimum absolute atomic E-state index is 0.0769. The molecular formula is C24H24F3N7O5. The summed E-state index contributed by atoms with van der Waals surface area (Å²) in [7, 11) is 0. The number of carbonyl (C=O) groups excluding carboxylic acids is 1. The van der Waals surface area contributed by atoms with Gasteiger partial charge in [-0.05, 0) is 30.3 Å². The van der Waals surface area contributed by atoms with Crippen LogP contribution in [-0.2, 0) is 15.7 Å². The van der Waals surface area contributed by atoms with E-state index in [2.05, 4.69) is 35.9 Å². The van der Waals surface area contributed by atoms with E-state index >= 15 is 0 Å². The van der Waals surface area contributed by atoms with Crippen molar-refractivity contribution in [2.24, 2.45) is 0 Å². The number of fused-ring (bicyclic) bond motifs is 1. The van der Waals surface area contributed by atoms with Gasteiger partial charge in [-0.3, -0.25) is 4.79 Å². The molecule has 0 unspecified atom stereocenters. The molecule has 0 fully saturated rings. The zero-order chi connectivity index (χ0) is 28.0. The van der Waals surface area contributed by atoms with Gasteiger partial charge in [-0.1, -0.05) is 0 Å². The number of hydrogen-bond donors (Lipinski definition) is 6. The van der Waals surface area contributed by atoms with Gasteiger partial charge in [-0.15, -0.1) is 0 Å². The van der Waals surface area contributed by atoms with Crippen LogP contribution in [0.2, 0.25) is 0 Å². The number of aromatic nitrogens is 4. The lowest BCUT2D eigenvalue weighted by atomic mass is 10.1. The summed E-state index contributed by atoms with van der Waals surface area (Å²) in [5.41, 5.74) is 0.196. The highest BCUT2D eigenvalue weighted by Gasteiger charge is 2.31. The quantitative estimate of drug-likeness (QED) is 0.120. The zero-order valence-electron chi connectivity index (χ0n) is 20.5. The number of imidazole rings is 1. The van der Waals surface area contributed by atoms with E-state index < -0.39 is 17.6 Å². The summed E-state index contributed by atoms with van der Waals surface area (Å²) < 4.78 is 50.4. The lowest BCUT2D eigenvalue weighted by Gasteiger charge is -2.16. The van der Waals surface area contributed by atoms with Crippen molar-refractivity contribution in [1.29, 1.82) is 0 Å². The molecule has 206 valence electrons.